The molecule has 3 aromatic carbocycles. The van der Waals surface area contributed by atoms with Crippen LogP contribution in [0, 0.1) is 10.1 Å². The smallest absolute Gasteiger partial charge is 0.269 e. The Morgan fingerprint density at radius 2 is 1.53 bits per heavy atom. The Kier molecular flexibility index (Phi) is 6.59. The van der Waals surface area contributed by atoms with Gasteiger partial charge in [0.25, 0.3) is 5.69 Å². The molecule has 0 spiro atoms. The first-order chi connectivity index (χ1) is 14.3. The molecule has 0 amide bonds. The average molecular weight is 486 g/mol. The Labute approximate surface area is 182 Å². The number of hydrogen-bond acceptors (Lipinski definition) is 5. The SMILES string of the molecule is O=C(/C(=C\c1ccc([N+](=O)[O-])cc1)S(=O)(=O)Cc1ccccc1)c1ccc(Br)cc1. The van der Waals surface area contributed by atoms with E-state index in [0.717, 1.165) is 4.47 Å². The third kappa shape index (κ3) is 5.28. The van der Waals surface area contributed by atoms with Crippen LogP contribution in [-0.2, 0) is 15.6 Å². The van der Waals surface area contributed by atoms with Gasteiger partial charge in [-0.2, -0.15) is 0 Å². The van der Waals surface area contributed by atoms with Gasteiger partial charge in [-0.1, -0.05) is 46.3 Å². The standard InChI is InChI=1S/C22H16BrNO5S/c23-19-10-8-18(9-11-19)22(25)21(14-16-6-12-20(13-7-16)24(26)27)30(28,29)15-17-4-2-1-3-5-17/h1-14H,15H2/b21-14+. The summed E-state index contributed by atoms with van der Waals surface area (Å²) >= 11 is 3.29. The van der Waals surface area contributed by atoms with Gasteiger partial charge in [0.15, 0.2) is 9.84 Å². The number of sulfone groups is 1. The van der Waals surface area contributed by atoms with E-state index in [9.17, 15) is 23.3 Å². The number of nitrogens with zero attached hydrogens (tertiary/aromatic N) is 1. The van der Waals surface area contributed by atoms with Crippen LogP contribution in [0.5, 0.6) is 0 Å². The molecule has 0 saturated carbocycles. The summed E-state index contributed by atoms with van der Waals surface area (Å²) in [6.07, 6.45) is 1.26. The van der Waals surface area contributed by atoms with Gasteiger partial charge in [0.2, 0.25) is 5.78 Å². The lowest BCUT2D eigenvalue weighted by Crippen LogP contribution is -2.16. The fourth-order valence-corrected chi connectivity index (χ4v) is 4.52. The van der Waals surface area contributed by atoms with Gasteiger partial charge in [-0.3, -0.25) is 14.9 Å². The molecule has 0 fully saturated rings. The van der Waals surface area contributed by atoms with Crippen molar-refractivity contribution in [1.29, 1.82) is 0 Å². The molecule has 30 heavy (non-hydrogen) atoms. The predicted molar refractivity (Wildman–Crippen MR) is 119 cm³/mol. The van der Waals surface area contributed by atoms with E-state index in [0.29, 0.717) is 11.1 Å². The molecule has 0 saturated heterocycles. The Balaban J connectivity index is 2.06. The molecule has 0 aliphatic carbocycles. The molecule has 152 valence electrons. The third-order valence-electron chi connectivity index (χ3n) is 4.27. The van der Waals surface area contributed by atoms with Crippen LogP contribution in [0.15, 0.2) is 88.2 Å². The monoisotopic (exact) mass is 485 g/mol. The Morgan fingerprint density at radius 1 is 0.933 bits per heavy atom. The van der Waals surface area contributed by atoms with E-state index < -0.39 is 20.5 Å². The van der Waals surface area contributed by atoms with Crippen molar-refractivity contribution in [3.63, 3.8) is 0 Å². The number of ketones is 1. The number of carbonyl (C=O) groups excluding carboxylic acids is 1. The summed E-state index contributed by atoms with van der Waals surface area (Å²) in [5.74, 6) is -0.980. The lowest BCUT2D eigenvalue weighted by Gasteiger charge is -2.10. The molecular formula is C22H16BrNO5S. The predicted octanol–water partition coefficient (Wildman–Crippen LogP) is 5.20. The molecule has 3 rings (SSSR count). The van der Waals surface area contributed by atoms with E-state index >= 15 is 0 Å². The Bertz CT molecular complexity index is 1200. The highest BCUT2D eigenvalue weighted by molar-refractivity contribution is 9.10. The first kappa shape index (κ1) is 21.6. The first-order valence-electron chi connectivity index (χ1n) is 8.79. The van der Waals surface area contributed by atoms with Gasteiger partial charge in [0.05, 0.1) is 10.7 Å². The fourth-order valence-electron chi connectivity index (χ4n) is 2.76. The molecule has 0 aliphatic rings. The zero-order chi connectivity index (χ0) is 21.7. The van der Waals surface area contributed by atoms with Crippen LogP contribution >= 0.6 is 15.9 Å². The molecule has 0 atom stereocenters. The molecule has 6 nitrogen and oxygen atoms in total. The summed E-state index contributed by atoms with van der Waals surface area (Å²) < 4.78 is 27.1. The van der Waals surface area contributed by atoms with E-state index in [-0.39, 0.29) is 21.9 Å². The minimum Gasteiger partial charge on any atom is -0.288 e. The molecule has 0 radical (unpaired) electrons. The number of allylic oxidation sites excluding steroid dienone is 1. The minimum absolute atomic E-state index is 0.125. The molecular weight excluding hydrogens is 470 g/mol. The normalized spacial score (nSPS) is 11.8. The van der Waals surface area contributed by atoms with Crippen molar-refractivity contribution >= 4 is 43.3 Å². The number of nitro benzene ring substituents is 1. The molecule has 0 aromatic heterocycles. The summed E-state index contributed by atoms with van der Waals surface area (Å²) in [4.78, 5) is 23.0. The molecule has 0 unspecified atom stereocenters. The van der Waals surface area contributed by atoms with E-state index in [1.165, 1.54) is 42.5 Å². The van der Waals surface area contributed by atoms with Crippen LogP contribution in [-0.4, -0.2) is 19.1 Å². The van der Waals surface area contributed by atoms with E-state index in [1.807, 2.05) is 0 Å². The van der Waals surface area contributed by atoms with Crippen molar-refractivity contribution in [2.45, 2.75) is 5.75 Å². The van der Waals surface area contributed by atoms with Crippen molar-refractivity contribution in [3.8, 4) is 0 Å². The summed E-state index contributed by atoms with van der Waals surface area (Å²) in [7, 11) is -3.99. The largest absolute Gasteiger partial charge is 0.288 e. The zero-order valence-electron chi connectivity index (χ0n) is 15.6. The second-order valence-corrected chi connectivity index (χ2v) is 9.31. The number of hydrogen-bond donors (Lipinski definition) is 0. The molecule has 3 aromatic rings. The number of benzene rings is 3. The Morgan fingerprint density at radius 3 is 2.10 bits per heavy atom. The summed E-state index contributed by atoms with van der Waals surface area (Å²) in [5.41, 5.74) is 1.02. The van der Waals surface area contributed by atoms with E-state index in [2.05, 4.69) is 15.9 Å². The summed E-state index contributed by atoms with van der Waals surface area (Å²) in [5, 5.41) is 10.9. The summed E-state index contributed by atoms with van der Waals surface area (Å²) in [6.45, 7) is 0. The van der Waals surface area contributed by atoms with Gasteiger partial charge in [0.1, 0.15) is 4.91 Å². The molecule has 0 bridgehead atoms. The molecule has 0 N–H and O–H groups in total. The molecule has 0 aliphatic heterocycles. The van der Waals surface area contributed by atoms with Crippen LogP contribution in [0.2, 0.25) is 0 Å². The topological polar surface area (TPSA) is 94.3 Å². The average Bonchev–Trinajstić information content (AvgIpc) is 2.72. The lowest BCUT2D eigenvalue weighted by molar-refractivity contribution is -0.384. The number of non-ortho nitro benzene ring substituents is 1. The highest BCUT2D eigenvalue weighted by Crippen LogP contribution is 2.24. The summed E-state index contributed by atoms with van der Waals surface area (Å²) in [6, 6.07) is 20.3. The number of carbonyl (C=O) groups is 1. The maximum Gasteiger partial charge on any atom is 0.269 e. The van der Waals surface area contributed by atoms with Gasteiger partial charge in [-0.15, -0.1) is 0 Å². The van der Waals surface area contributed by atoms with E-state index in [4.69, 9.17) is 0 Å². The number of Topliss-reactive ketones (excluding diaryl/α,β-unsaturated/α-hetero) is 1. The van der Waals surface area contributed by atoms with Crippen LogP contribution in [0.25, 0.3) is 6.08 Å². The maximum absolute atomic E-state index is 13.2. The first-order valence-corrected chi connectivity index (χ1v) is 11.2. The molecule has 0 heterocycles. The van der Waals surface area contributed by atoms with Crippen LogP contribution in [0.3, 0.4) is 0 Å². The van der Waals surface area contributed by atoms with Crippen molar-refractivity contribution < 1.29 is 18.1 Å². The lowest BCUT2D eigenvalue weighted by atomic mass is 10.1. The highest BCUT2D eigenvalue weighted by Gasteiger charge is 2.26. The van der Waals surface area contributed by atoms with Crippen molar-refractivity contribution in [1.82, 2.24) is 0 Å². The van der Waals surface area contributed by atoms with Gasteiger partial charge in [-0.25, -0.2) is 8.42 Å². The molecule has 8 heteroatoms. The van der Waals surface area contributed by atoms with Crippen molar-refractivity contribution in [2.24, 2.45) is 0 Å². The fraction of sp³-hybridized carbons (Fsp3) is 0.0455. The zero-order valence-corrected chi connectivity index (χ0v) is 18.0. The van der Waals surface area contributed by atoms with Crippen molar-refractivity contribution in [3.05, 3.63) is 115 Å². The number of nitro groups is 1. The Hall–Kier alpha value is -3.10. The van der Waals surface area contributed by atoms with Gasteiger partial charge < -0.3 is 0 Å². The van der Waals surface area contributed by atoms with Gasteiger partial charge in [-0.05, 0) is 53.6 Å². The van der Waals surface area contributed by atoms with Crippen LogP contribution in [0.1, 0.15) is 21.5 Å². The minimum atomic E-state index is -3.99. The van der Waals surface area contributed by atoms with Crippen LogP contribution in [0.4, 0.5) is 5.69 Å². The van der Waals surface area contributed by atoms with Crippen LogP contribution < -0.4 is 0 Å². The van der Waals surface area contributed by atoms with Crippen molar-refractivity contribution in [2.75, 3.05) is 0 Å². The highest BCUT2D eigenvalue weighted by atomic mass is 79.9. The van der Waals surface area contributed by atoms with E-state index in [1.54, 1.807) is 42.5 Å². The second kappa shape index (κ2) is 9.15. The van der Waals surface area contributed by atoms with Gasteiger partial charge in [0, 0.05) is 22.2 Å². The number of halogens is 1. The second-order valence-electron chi connectivity index (χ2n) is 6.44. The quantitative estimate of drug-likeness (QED) is 0.198. The van der Waals surface area contributed by atoms with Gasteiger partial charge >= 0.3 is 0 Å². The third-order valence-corrected chi connectivity index (χ3v) is 6.48. The number of rotatable bonds is 7. The maximum atomic E-state index is 13.2.